The van der Waals surface area contributed by atoms with Gasteiger partial charge in [-0.1, -0.05) is 0 Å². The fourth-order valence-electron chi connectivity index (χ4n) is 1.24. The van der Waals surface area contributed by atoms with Crippen LogP contribution in [-0.2, 0) is 11.3 Å². The van der Waals surface area contributed by atoms with Crippen molar-refractivity contribution in [3.05, 3.63) is 21.9 Å². The van der Waals surface area contributed by atoms with E-state index in [4.69, 9.17) is 4.74 Å². The third kappa shape index (κ3) is 6.85. The summed E-state index contributed by atoms with van der Waals surface area (Å²) in [6, 6.07) is 4.26. The number of thiophene rings is 1. The van der Waals surface area contributed by atoms with Crippen molar-refractivity contribution in [2.45, 2.75) is 13.5 Å². The predicted molar refractivity (Wildman–Crippen MR) is 84.5 cm³/mol. The van der Waals surface area contributed by atoms with Crippen LogP contribution in [0.3, 0.4) is 0 Å². The molecule has 0 atom stereocenters. The van der Waals surface area contributed by atoms with Gasteiger partial charge in [-0.2, -0.15) is 0 Å². The standard InChI is InChI=1S/C11H19N3OS.HI/c1-9-4-5-10(16-9)8-14-11(12-2)13-6-7-15-3;/h4-5H,6-8H2,1-3H3,(H2,12,13,14);1H. The van der Waals surface area contributed by atoms with Crippen LogP contribution >= 0.6 is 35.3 Å². The quantitative estimate of drug-likeness (QED) is 0.361. The van der Waals surface area contributed by atoms with Gasteiger partial charge in [-0.25, -0.2) is 0 Å². The summed E-state index contributed by atoms with van der Waals surface area (Å²) in [5.74, 6) is 0.808. The van der Waals surface area contributed by atoms with Gasteiger partial charge in [-0.15, -0.1) is 35.3 Å². The molecule has 4 nitrogen and oxygen atoms in total. The summed E-state index contributed by atoms with van der Waals surface area (Å²) < 4.78 is 4.96. The first-order valence-electron chi connectivity index (χ1n) is 5.25. The summed E-state index contributed by atoms with van der Waals surface area (Å²) in [6.45, 7) is 4.36. The Balaban J connectivity index is 0.00000256. The number of ether oxygens (including phenoxy) is 1. The van der Waals surface area contributed by atoms with E-state index in [0.29, 0.717) is 6.61 Å². The molecule has 0 aliphatic carbocycles. The molecule has 6 heteroatoms. The fourth-order valence-corrected chi connectivity index (χ4v) is 2.07. The largest absolute Gasteiger partial charge is 0.383 e. The summed E-state index contributed by atoms with van der Waals surface area (Å²) in [6.07, 6.45) is 0. The molecule has 0 aromatic carbocycles. The van der Waals surface area contributed by atoms with Crippen LogP contribution in [0, 0.1) is 6.92 Å². The molecule has 0 aliphatic rings. The number of rotatable bonds is 5. The van der Waals surface area contributed by atoms with Gasteiger partial charge in [-0.3, -0.25) is 4.99 Å². The van der Waals surface area contributed by atoms with Gasteiger partial charge in [0.2, 0.25) is 0 Å². The molecule has 0 amide bonds. The molecule has 0 unspecified atom stereocenters. The molecular formula is C11H20IN3OS. The highest BCUT2D eigenvalue weighted by molar-refractivity contribution is 14.0. The van der Waals surface area contributed by atoms with Crippen LogP contribution in [0.25, 0.3) is 0 Å². The van der Waals surface area contributed by atoms with Gasteiger partial charge >= 0.3 is 0 Å². The first kappa shape index (κ1) is 16.7. The Labute approximate surface area is 124 Å². The minimum Gasteiger partial charge on any atom is -0.383 e. The number of halogens is 1. The lowest BCUT2D eigenvalue weighted by Crippen LogP contribution is -2.38. The first-order valence-corrected chi connectivity index (χ1v) is 6.06. The summed E-state index contributed by atoms with van der Waals surface area (Å²) in [5, 5.41) is 6.42. The molecule has 1 aromatic rings. The Morgan fingerprint density at radius 1 is 1.41 bits per heavy atom. The Morgan fingerprint density at radius 3 is 2.71 bits per heavy atom. The number of nitrogens with one attached hydrogen (secondary N) is 2. The molecule has 98 valence electrons. The van der Waals surface area contributed by atoms with Crippen molar-refractivity contribution in [2.75, 3.05) is 27.3 Å². The molecule has 0 bridgehead atoms. The molecule has 1 heterocycles. The number of nitrogens with zero attached hydrogens (tertiary/aromatic N) is 1. The minimum atomic E-state index is 0. The average Bonchev–Trinajstić information content (AvgIpc) is 2.69. The lowest BCUT2D eigenvalue weighted by Gasteiger charge is -2.10. The van der Waals surface area contributed by atoms with E-state index in [1.165, 1.54) is 9.75 Å². The van der Waals surface area contributed by atoms with Gasteiger partial charge in [0.25, 0.3) is 0 Å². The predicted octanol–water partition coefficient (Wildman–Crippen LogP) is 1.99. The van der Waals surface area contributed by atoms with Gasteiger partial charge in [0.15, 0.2) is 5.96 Å². The Bertz CT molecular complexity index is 341. The van der Waals surface area contributed by atoms with Gasteiger partial charge in [0.1, 0.15) is 0 Å². The summed E-state index contributed by atoms with van der Waals surface area (Å²) >= 11 is 1.80. The Morgan fingerprint density at radius 2 is 2.18 bits per heavy atom. The fraction of sp³-hybridized carbons (Fsp3) is 0.545. The highest BCUT2D eigenvalue weighted by atomic mass is 127. The molecule has 0 aliphatic heterocycles. The lowest BCUT2D eigenvalue weighted by molar-refractivity contribution is 0.203. The topological polar surface area (TPSA) is 45.7 Å². The molecular weight excluding hydrogens is 349 g/mol. The number of methoxy groups -OCH3 is 1. The van der Waals surface area contributed by atoms with E-state index in [1.807, 2.05) is 0 Å². The highest BCUT2D eigenvalue weighted by Gasteiger charge is 1.99. The van der Waals surface area contributed by atoms with Crippen molar-refractivity contribution in [1.82, 2.24) is 10.6 Å². The zero-order valence-corrected chi connectivity index (χ0v) is 13.6. The van der Waals surface area contributed by atoms with Gasteiger partial charge < -0.3 is 15.4 Å². The van der Waals surface area contributed by atoms with Crippen LogP contribution in [0.5, 0.6) is 0 Å². The molecule has 0 fully saturated rings. The highest BCUT2D eigenvalue weighted by Crippen LogP contribution is 2.14. The monoisotopic (exact) mass is 369 g/mol. The van der Waals surface area contributed by atoms with Crippen molar-refractivity contribution in [1.29, 1.82) is 0 Å². The van der Waals surface area contributed by atoms with Crippen LogP contribution in [0.4, 0.5) is 0 Å². The van der Waals surface area contributed by atoms with Crippen molar-refractivity contribution < 1.29 is 4.74 Å². The molecule has 17 heavy (non-hydrogen) atoms. The average molecular weight is 369 g/mol. The van der Waals surface area contributed by atoms with Crippen molar-refractivity contribution >= 4 is 41.3 Å². The van der Waals surface area contributed by atoms with Crippen LogP contribution in [0.1, 0.15) is 9.75 Å². The zero-order valence-electron chi connectivity index (χ0n) is 10.4. The Hall–Kier alpha value is -0.340. The smallest absolute Gasteiger partial charge is 0.191 e. The van der Waals surface area contributed by atoms with Crippen molar-refractivity contribution in [3.63, 3.8) is 0 Å². The molecule has 0 spiro atoms. The van der Waals surface area contributed by atoms with E-state index < -0.39 is 0 Å². The maximum absolute atomic E-state index is 4.96. The normalized spacial score (nSPS) is 10.9. The third-order valence-electron chi connectivity index (χ3n) is 2.05. The van der Waals surface area contributed by atoms with E-state index in [9.17, 15) is 0 Å². The van der Waals surface area contributed by atoms with Crippen LogP contribution in [0.15, 0.2) is 17.1 Å². The zero-order chi connectivity index (χ0) is 11.8. The van der Waals surface area contributed by atoms with Gasteiger partial charge in [0, 0.05) is 30.5 Å². The summed E-state index contributed by atoms with van der Waals surface area (Å²) in [7, 11) is 3.45. The second kappa shape index (κ2) is 9.67. The maximum Gasteiger partial charge on any atom is 0.191 e. The number of hydrogen-bond acceptors (Lipinski definition) is 3. The molecule has 1 aromatic heterocycles. The van der Waals surface area contributed by atoms with E-state index >= 15 is 0 Å². The SMILES string of the molecule is CN=C(NCCOC)NCc1ccc(C)s1.I. The van der Waals surface area contributed by atoms with Crippen molar-refractivity contribution in [3.8, 4) is 0 Å². The van der Waals surface area contributed by atoms with Crippen molar-refractivity contribution in [2.24, 2.45) is 4.99 Å². The van der Waals surface area contributed by atoms with E-state index in [-0.39, 0.29) is 24.0 Å². The molecule has 0 saturated carbocycles. The molecule has 1 rings (SSSR count). The Kier molecular flexibility index (Phi) is 9.47. The molecule has 0 saturated heterocycles. The van der Waals surface area contributed by atoms with Gasteiger partial charge in [0.05, 0.1) is 13.2 Å². The van der Waals surface area contributed by atoms with Gasteiger partial charge in [-0.05, 0) is 19.1 Å². The lowest BCUT2D eigenvalue weighted by atomic mass is 10.4. The van der Waals surface area contributed by atoms with Crippen LogP contribution < -0.4 is 10.6 Å². The second-order valence-corrected chi connectivity index (χ2v) is 4.73. The number of hydrogen-bond donors (Lipinski definition) is 2. The van der Waals surface area contributed by atoms with E-state index in [0.717, 1.165) is 19.0 Å². The number of aryl methyl sites for hydroxylation is 1. The van der Waals surface area contributed by atoms with Crippen LogP contribution in [-0.4, -0.2) is 33.3 Å². The van der Waals surface area contributed by atoms with Crippen LogP contribution in [0.2, 0.25) is 0 Å². The first-order chi connectivity index (χ1) is 7.76. The molecule has 2 N–H and O–H groups in total. The number of guanidine groups is 1. The second-order valence-electron chi connectivity index (χ2n) is 3.36. The summed E-state index contributed by atoms with van der Waals surface area (Å²) in [5.41, 5.74) is 0. The van der Waals surface area contributed by atoms with E-state index in [2.05, 4.69) is 34.7 Å². The minimum absolute atomic E-state index is 0. The maximum atomic E-state index is 4.96. The summed E-state index contributed by atoms with van der Waals surface area (Å²) in [4.78, 5) is 6.77. The van der Waals surface area contributed by atoms with E-state index in [1.54, 1.807) is 25.5 Å². The molecule has 0 radical (unpaired) electrons. The number of aliphatic imine (C=N–C) groups is 1. The third-order valence-corrected chi connectivity index (χ3v) is 3.05.